The summed E-state index contributed by atoms with van der Waals surface area (Å²) < 4.78 is 3.07. The van der Waals surface area contributed by atoms with Gasteiger partial charge in [-0.05, 0) is 25.1 Å². The van der Waals surface area contributed by atoms with Gasteiger partial charge in [-0.15, -0.1) is 11.3 Å². The lowest BCUT2D eigenvalue weighted by atomic mass is 10.1. The van der Waals surface area contributed by atoms with E-state index in [0.717, 1.165) is 45.1 Å². The third-order valence-electron chi connectivity index (χ3n) is 3.68. The van der Waals surface area contributed by atoms with E-state index in [9.17, 15) is 4.79 Å². The van der Waals surface area contributed by atoms with E-state index in [2.05, 4.69) is 21.5 Å². The fraction of sp³-hybridized carbons (Fsp3) is 0.286. The molecule has 102 valence electrons. The van der Waals surface area contributed by atoms with Crippen LogP contribution in [0.2, 0.25) is 0 Å². The first kappa shape index (κ1) is 11.9. The molecule has 0 aliphatic carbocycles. The number of H-pyrrole nitrogens is 1. The Kier molecular flexibility index (Phi) is 2.55. The Hall–Kier alpha value is -1.92. The first-order valence-corrected chi connectivity index (χ1v) is 7.45. The molecule has 0 spiro atoms. The van der Waals surface area contributed by atoms with Gasteiger partial charge in [0.25, 0.3) is 5.56 Å². The largest absolute Gasteiger partial charge is 0.312 e. The van der Waals surface area contributed by atoms with Gasteiger partial charge < -0.3 is 5.32 Å². The summed E-state index contributed by atoms with van der Waals surface area (Å²) in [5.41, 5.74) is 3.97. The normalized spacial score (nSPS) is 14.7. The van der Waals surface area contributed by atoms with Crippen molar-refractivity contribution in [2.75, 3.05) is 6.54 Å². The van der Waals surface area contributed by atoms with Gasteiger partial charge in [-0.3, -0.25) is 14.6 Å². The molecule has 4 rings (SSSR count). The Balaban J connectivity index is 1.92. The van der Waals surface area contributed by atoms with Crippen molar-refractivity contribution < 1.29 is 0 Å². The number of aromatic nitrogens is 3. The van der Waals surface area contributed by atoms with E-state index in [1.807, 2.05) is 23.7 Å². The summed E-state index contributed by atoms with van der Waals surface area (Å²) in [6.07, 6.45) is 0.869. The van der Waals surface area contributed by atoms with Crippen LogP contribution in [0.15, 0.2) is 23.0 Å². The molecule has 1 aliphatic rings. The van der Waals surface area contributed by atoms with Crippen LogP contribution in [0.5, 0.6) is 0 Å². The zero-order valence-corrected chi connectivity index (χ0v) is 11.9. The van der Waals surface area contributed by atoms with Gasteiger partial charge in [0.05, 0.1) is 32.2 Å². The van der Waals surface area contributed by atoms with Gasteiger partial charge in [-0.2, -0.15) is 0 Å². The van der Waals surface area contributed by atoms with E-state index in [0.29, 0.717) is 6.54 Å². The van der Waals surface area contributed by atoms with Crippen molar-refractivity contribution in [3.8, 4) is 5.69 Å². The minimum Gasteiger partial charge on any atom is -0.312 e. The summed E-state index contributed by atoms with van der Waals surface area (Å²) in [4.78, 5) is 16.5. The Labute approximate surface area is 119 Å². The quantitative estimate of drug-likeness (QED) is 0.716. The highest BCUT2D eigenvalue weighted by Crippen LogP contribution is 2.25. The Morgan fingerprint density at radius 3 is 3.20 bits per heavy atom. The molecule has 5 nitrogen and oxygen atoms in total. The highest BCUT2D eigenvalue weighted by atomic mass is 32.1. The summed E-state index contributed by atoms with van der Waals surface area (Å²) in [7, 11) is 0. The van der Waals surface area contributed by atoms with Crippen LogP contribution in [0.3, 0.4) is 0 Å². The fourth-order valence-corrected chi connectivity index (χ4v) is 3.62. The molecule has 20 heavy (non-hydrogen) atoms. The van der Waals surface area contributed by atoms with Crippen LogP contribution in [0.25, 0.3) is 15.9 Å². The highest BCUT2D eigenvalue weighted by molar-refractivity contribution is 7.18. The number of nitrogens with one attached hydrogen (secondary N) is 2. The predicted molar refractivity (Wildman–Crippen MR) is 79.7 cm³/mol. The fourth-order valence-electron chi connectivity index (χ4n) is 2.76. The van der Waals surface area contributed by atoms with E-state index in [1.54, 1.807) is 11.3 Å². The molecule has 6 heteroatoms. The number of rotatable bonds is 1. The third kappa shape index (κ3) is 1.72. The second-order valence-electron chi connectivity index (χ2n) is 5.01. The first-order valence-electron chi connectivity index (χ1n) is 6.63. The Bertz CT molecular complexity index is 858. The number of thiazole rings is 1. The lowest BCUT2D eigenvalue weighted by molar-refractivity contribution is 0.622. The summed E-state index contributed by atoms with van der Waals surface area (Å²) in [6, 6.07) is 6.12. The number of hydrogen-bond acceptors (Lipinski definition) is 4. The van der Waals surface area contributed by atoms with E-state index >= 15 is 0 Å². The van der Waals surface area contributed by atoms with Crippen molar-refractivity contribution in [2.24, 2.45) is 0 Å². The Morgan fingerprint density at radius 1 is 1.40 bits per heavy atom. The van der Waals surface area contributed by atoms with Gasteiger partial charge in [0.15, 0.2) is 0 Å². The molecule has 3 heterocycles. The molecule has 0 atom stereocenters. The van der Waals surface area contributed by atoms with Gasteiger partial charge >= 0.3 is 0 Å². The van der Waals surface area contributed by atoms with Crippen molar-refractivity contribution in [1.82, 2.24) is 20.1 Å². The topological polar surface area (TPSA) is 62.7 Å². The number of benzene rings is 1. The molecule has 3 aromatic rings. The van der Waals surface area contributed by atoms with Crippen LogP contribution >= 0.6 is 11.3 Å². The summed E-state index contributed by atoms with van der Waals surface area (Å²) in [6.45, 7) is 3.57. The van der Waals surface area contributed by atoms with Crippen molar-refractivity contribution >= 4 is 21.6 Å². The summed E-state index contributed by atoms with van der Waals surface area (Å²) >= 11 is 1.68. The maximum Gasteiger partial charge on any atom is 0.269 e. The second kappa shape index (κ2) is 4.29. The maximum absolute atomic E-state index is 12.0. The summed E-state index contributed by atoms with van der Waals surface area (Å²) in [5, 5.41) is 7.25. The van der Waals surface area contributed by atoms with Crippen molar-refractivity contribution in [3.63, 3.8) is 0 Å². The van der Waals surface area contributed by atoms with Crippen molar-refractivity contribution in [1.29, 1.82) is 0 Å². The molecule has 0 bridgehead atoms. The molecule has 0 saturated carbocycles. The van der Waals surface area contributed by atoms with E-state index in [-0.39, 0.29) is 5.56 Å². The summed E-state index contributed by atoms with van der Waals surface area (Å²) in [5.74, 6) is 0. The lowest BCUT2D eigenvalue weighted by Crippen LogP contribution is -2.26. The van der Waals surface area contributed by atoms with E-state index in [4.69, 9.17) is 0 Å². The average Bonchev–Trinajstić information content (AvgIpc) is 2.98. The van der Waals surface area contributed by atoms with Crippen LogP contribution in [-0.4, -0.2) is 21.3 Å². The molecule has 0 amide bonds. The molecule has 2 aromatic heterocycles. The van der Waals surface area contributed by atoms with Gasteiger partial charge in [0.1, 0.15) is 0 Å². The minimum absolute atomic E-state index is 0.00721. The van der Waals surface area contributed by atoms with Crippen LogP contribution in [0, 0.1) is 6.92 Å². The van der Waals surface area contributed by atoms with Gasteiger partial charge in [0, 0.05) is 19.5 Å². The lowest BCUT2D eigenvalue weighted by Gasteiger charge is -2.15. The number of hydrogen-bond donors (Lipinski definition) is 2. The molecular formula is C14H14N4OS. The predicted octanol–water partition coefficient (Wildman–Crippen LogP) is 1.73. The Morgan fingerprint density at radius 2 is 2.30 bits per heavy atom. The van der Waals surface area contributed by atoms with Crippen LogP contribution in [-0.2, 0) is 13.0 Å². The third-order valence-corrected chi connectivity index (χ3v) is 4.62. The monoisotopic (exact) mass is 286 g/mol. The molecule has 1 aliphatic heterocycles. The van der Waals surface area contributed by atoms with Gasteiger partial charge in [-0.1, -0.05) is 0 Å². The highest BCUT2D eigenvalue weighted by Gasteiger charge is 2.19. The number of nitrogens with zero attached hydrogens (tertiary/aromatic N) is 2. The molecule has 1 aromatic carbocycles. The molecule has 0 fully saturated rings. The minimum atomic E-state index is 0.00721. The standard InChI is InChI=1S/C14H14N4OS/c1-8-16-11-3-2-9(6-13(11)20-8)18-12-4-5-15-7-10(12)14(19)17-18/h2-3,6,15H,4-5,7H2,1H3,(H,17,19). The molecule has 2 N–H and O–H groups in total. The van der Waals surface area contributed by atoms with Gasteiger partial charge in [-0.25, -0.2) is 4.98 Å². The molecule has 0 unspecified atom stereocenters. The van der Waals surface area contributed by atoms with Crippen molar-refractivity contribution in [3.05, 3.63) is 44.8 Å². The number of fused-ring (bicyclic) bond motifs is 2. The molecule has 0 radical (unpaired) electrons. The SMILES string of the molecule is Cc1nc2ccc(-n3[nH]c(=O)c4c3CCNC4)cc2s1. The first-order chi connectivity index (χ1) is 9.72. The number of aryl methyl sites for hydroxylation is 1. The molecular weight excluding hydrogens is 272 g/mol. The number of aromatic amines is 1. The van der Waals surface area contributed by atoms with Crippen LogP contribution in [0.1, 0.15) is 16.3 Å². The zero-order valence-electron chi connectivity index (χ0n) is 11.1. The smallest absolute Gasteiger partial charge is 0.269 e. The second-order valence-corrected chi connectivity index (χ2v) is 6.25. The van der Waals surface area contributed by atoms with Crippen molar-refractivity contribution in [2.45, 2.75) is 19.9 Å². The van der Waals surface area contributed by atoms with Crippen LogP contribution < -0.4 is 10.9 Å². The van der Waals surface area contributed by atoms with E-state index in [1.165, 1.54) is 0 Å². The van der Waals surface area contributed by atoms with E-state index < -0.39 is 0 Å². The zero-order chi connectivity index (χ0) is 13.7. The van der Waals surface area contributed by atoms with Gasteiger partial charge in [0.2, 0.25) is 0 Å². The average molecular weight is 286 g/mol. The molecule has 0 saturated heterocycles. The van der Waals surface area contributed by atoms with Crippen LogP contribution in [0.4, 0.5) is 0 Å². The maximum atomic E-state index is 12.0.